The van der Waals surface area contributed by atoms with E-state index in [1.807, 2.05) is 4.90 Å². The standard InChI is InChI=1S/C15H16N4O/c1-3-12-13(17-19-10-6-8-16-14(12)19)15(20)18-9-5-4-7-11(18)2/h1,6,8,10-11H,4-5,7,9H2,2H3. The molecule has 0 radical (unpaired) electrons. The predicted molar refractivity (Wildman–Crippen MR) is 75.3 cm³/mol. The normalized spacial score (nSPS) is 19.0. The van der Waals surface area contributed by atoms with Crippen molar-refractivity contribution in [1.82, 2.24) is 19.5 Å². The Bertz CT molecular complexity index is 697. The van der Waals surface area contributed by atoms with Crippen LogP contribution >= 0.6 is 0 Å². The molecule has 0 spiro atoms. The van der Waals surface area contributed by atoms with Gasteiger partial charge < -0.3 is 4.90 Å². The molecule has 102 valence electrons. The Morgan fingerprint density at radius 1 is 1.50 bits per heavy atom. The number of nitrogens with zero attached hydrogens (tertiary/aromatic N) is 4. The van der Waals surface area contributed by atoms with Crippen molar-refractivity contribution in [2.45, 2.75) is 32.2 Å². The lowest BCUT2D eigenvalue weighted by molar-refractivity contribution is 0.0629. The zero-order valence-electron chi connectivity index (χ0n) is 11.4. The first kappa shape index (κ1) is 12.7. The van der Waals surface area contributed by atoms with Gasteiger partial charge in [0.05, 0.1) is 0 Å². The van der Waals surface area contributed by atoms with Gasteiger partial charge in [-0.2, -0.15) is 5.10 Å². The second-order valence-corrected chi connectivity index (χ2v) is 5.10. The van der Waals surface area contributed by atoms with Crippen LogP contribution in [0.25, 0.3) is 5.65 Å². The average Bonchev–Trinajstić information content (AvgIpc) is 2.85. The van der Waals surface area contributed by atoms with Crippen molar-refractivity contribution < 1.29 is 4.79 Å². The van der Waals surface area contributed by atoms with Crippen LogP contribution in [-0.4, -0.2) is 38.0 Å². The zero-order chi connectivity index (χ0) is 14.1. The fourth-order valence-corrected chi connectivity index (χ4v) is 2.71. The third-order valence-electron chi connectivity index (χ3n) is 3.81. The van der Waals surface area contributed by atoms with Crippen molar-refractivity contribution >= 4 is 11.6 Å². The van der Waals surface area contributed by atoms with E-state index < -0.39 is 0 Å². The molecule has 3 rings (SSSR count). The molecule has 20 heavy (non-hydrogen) atoms. The number of carbonyl (C=O) groups excluding carboxylic acids is 1. The van der Waals surface area contributed by atoms with E-state index >= 15 is 0 Å². The van der Waals surface area contributed by atoms with Gasteiger partial charge in [0.1, 0.15) is 5.56 Å². The fourth-order valence-electron chi connectivity index (χ4n) is 2.71. The predicted octanol–water partition coefficient (Wildman–Crippen LogP) is 1.73. The van der Waals surface area contributed by atoms with Crippen LogP contribution in [0.2, 0.25) is 0 Å². The quantitative estimate of drug-likeness (QED) is 0.740. The van der Waals surface area contributed by atoms with E-state index in [9.17, 15) is 4.79 Å². The summed E-state index contributed by atoms with van der Waals surface area (Å²) in [4.78, 5) is 18.8. The Hall–Kier alpha value is -2.35. The fraction of sp³-hybridized carbons (Fsp3) is 0.400. The minimum atomic E-state index is -0.0874. The van der Waals surface area contributed by atoms with E-state index in [1.54, 1.807) is 23.0 Å². The summed E-state index contributed by atoms with van der Waals surface area (Å²) in [6.07, 6.45) is 12.2. The molecule has 3 heterocycles. The van der Waals surface area contributed by atoms with Gasteiger partial charge in [-0.05, 0) is 32.3 Å². The number of carbonyl (C=O) groups is 1. The van der Waals surface area contributed by atoms with E-state index in [0.29, 0.717) is 16.9 Å². The Morgan fingerprint density at radius 3 is 3.10 bits per heavy atom. The second kappa shape index (κ2) is 4.97. The SMILES string of the molecule is C#Cc1c(C(=O)N2CCCCC2C)nn2cccnc12. The van der Waals surface area contributed by atoms with Crippen molar-refractivity contribution in [1.29, 1.82) is 0 Å². The van der Waals surface area contributed by atoms with Crippen LogP contribution in [0.5, 0.6) is 0 Å². The molecule has 1 fully saturated rings. The van der Waals surface area contributed by atoms with Crippen LogP contribution in [0, 0.1) is 12.3 Å². The summed E-state index contributed by atoms with van der Waals surface area (Å²) in [6.45, 7) is 2.84. The summed E-state index contributed by atoms with van der Waals surface area (Å²) in [6, 6.07) is 2.00. The van der Waals surface area contributed by atoms with Gasteiger partial charge in [0.15, 0.2) is 11.3 Å². The first-order chi connectivity index (χ1) is 9.72. The molecule has 0 bridgehead atoms. The Labute approximate surface area is 117 Å². The summed E-state index contributed by atoms with van der Waals surface area (Å²) >= 11 is 0. The van der Waals surface area contributed by atoms with Crippen molar-refractivity contribution in [2.75, 3.05) is 6.54 Å². The lowest BCUT2D eigenvalue weighted by Crippen LogP contribution is -2.42. The van der Waals surface area contributed by atoms with Gasteiger partial charge >= 0.3 is 0 Å². The summed E-state index contributed by atoms with van der Waals surface area (Å²) in [5.74, 6) is 2.47. The highest BCUT2D eigenvalue weighted by Gasteiger charge is 2.28. The minimum Gasteiger partial charge on any atom is -0.335 e. The largest absolute Gasteiger partial charge is 0.335 e. The highest BCUT2D eigenvalue weighted by molar-refractivity contribution is 5.97. The molecule has 5 nitrogen and oxygen atoms in total. The molecule has 5 heteroatoms. The highest BCUT2D eigenvalue weighted by atomic mass is 16.2. The van der Waals surface area contributed by atoms with Crippen molar-refractivity contribution in [3.8, 4) is 12.3 Å². The third kappa shape index (κ3) is 1.94. The van der Waals surface area contributed by atoms with E-state index in [1.165, 1.54) is 6.42 Å². The molecule has 0 N–H and O–H groups in total. The maximum atomic E-state index is 12.7. The number of aromatic nitrogens is 3. The van der Waals surface area contributed by atoms with Crippen LogP contribution < -0.4 is 0 Å². The molecule has 1 aliphatic rings. The Morgan fingerprint density at radius 2 is 2.35 bits per heavy atom. The first-order valence-corrected chi connectivity index (χ1v) is 6.83. The molecule has 1 atom stereocenters. The van der Waals surface area contributed by atoms with Crippen molar-refractivity contribution in [2.24, 2.45) is 0 Å². The minimum absolute atomic E-state index is 0.0874. The molecule has 1 amide bonds. The smallest absolute Gasteiger partial charge is 0.276 e. The monoisotopic (exact) mass is 268 g/mol. The van der Waals surface area contributed by atoms with Gasteiger partial charge in [-0.15, -0.1) is 6.42 Å². The number of amides is 1. The molecule has 1 unspecified atom stereocenters. The zero-order valence-corrected chi connectivity index (χ0v) is 11.4. The first-order valence-electron chi connectivity index (χ1n) is 6.83. The number of hydrogen-bond acceptors (Lipinski definition) is 3. The lowest BCUT2D eigenvalue weighted by Gasteiger charge is -2.32. The van der Waals surface area contributed by atoms with Crippen LogP contribution in [0.4, 0.5) is 0 Å². The molecular weight excluding hydrogens is 252 g/mol. The summed E-state index contributed by atoms with van der Waals surface area (Å²) < 4.78 is 1.57. The second-order valence-electron chi connectivity index (χ2n) is 5.10. The van der Waals surface area contributed by atoms with Crippen LogP contribution in [0.1, 0.15) is 42.2 Å². The maximum absolute atomic E-state index is 12.7. The van der Waals surface area contributed by atoms with E-state index in [0.717, 1.165) is 19.4 Å². The highest BCUT2D eigenvalue weighted by Crippen LogP contribution is 2.21. The number of fused-ring (bicyclic) bond motifs is 1. The molecule has 0 aromatic carbocycles. The Kier molecular flexibility index (Phi) is 3.15. The molecule has 1 saturated heterocycles. The number of piperidine rings is 1. The third-order valence-corrected chi connectivity index (χ3v) is 3.81. The van der Waals surface area contributed by atoms with Crippen molar-refractivity contribution in [3.05, 3.63) is 29.7 Å². The molecule has 0 saturated carbocycles. The van der Waals surface area contributed by atoms with E-state index in [2.05, 4.69) is 22.9 Å². The lowest BCUT2D eigenvalue weighted by atomic mass is 10.0. The van der Waals surface area contributed by atoms with Gasteiger partial charge in [-0.3, -0.25) is 4.79 Å². The van der Waals surface area contributed by atoms with Gasteiger partial charge in [0, 0.05) is 25.0 Å². The van der Waals surface area contributed by atoms with E-state index in [-0.39, 0.29) is 11.9 Å². The van der Waals surface area contributed by atoms with Gasteiger partial charge in [0.2, 0.25) is 0 Å². The number of likely N-dealkylation sites (tertiary alicyclic amines) is 1. The van der Waals surface area contributed by atoms with Crippen LogP contribution in [0.15, 0.2) is 18.5 Å². The molecular formula is C15H16N4O. The average molecular weight is 268 g/mol. The van der Waals surface area contributed by atoms with Crippen LogP contribution in [-0.2, 0) is 0 Å². The molecule has 0 aliphatic carbocycles. The number of terminal acetylenes is 1. The number of hydrogen-bond donors (Lipinski definition) is 0. The Balaban J connectivity index is 2.05. The number of rotatable bonds is 1. The van der Waals surface area contributed by atoms with E-state index in [4.69, 9.17) is 6.42 Å². The summed E-state index contributed by atoms with van der Waals surface area (Å²) in [5.41, 5.74) is 1.37. The van der Waals surface area contributed by atoms with Crippen molar-refractivity contribution in [3.63, 3.8) is 0 Å². The molecule has 1 aliphatic heterocycles. The van der Waals surface area contributed by atoms with Gasteiger partial charge in [0.25, 0.3) is 5.91 Å². The van der Waals surface area contributed by atoms with Crippen LogP contribution in [0.3, 0.4) is 0 Å². The summed E-state index contributed by atoms with van der Waals surface area (Å²) in [5, 5.41) is 4.31. The van der Waals surface area contributed by atoms with Gasteiger partial charge in [-0.25, -0.2) is 9.50 Å². The topological polar surface area (TPSA) is 50.5 Å². The summed E-state index contributed by atoms with van der Waals surface area (Å²) in [7, 11) is 0. The molecule has 2 aromatic heterocycles. The molecule has 2 aromatic rings. The maximum Gasteiger partial charge on any atom is 0.276 e. The van der Waals surface area contributed by atoms with Gasteiger partial charge in [-0.1, -0.05) is 5.92 Å².